The van der Waals surface area contributed by atoms with Crippen LogP contribution >= 0.6 is 0 Å². The minimum absolute atomic E-state index is 0.0655. The highest BCUT2D eigenvalue weighted by atomic mass is 16.5. The van der Waals surface area contributed by atoms with Crippen LogP contribution in [-0.2, 0) is 16.0 Å². The second-order valence-electron chi connectivity index (χ2n) is 9.39. The number of H-pyrrole nitrogens is 1. The van der Waals surface area contributed by atoms with Crippen LogP contribution in [-0.4, -0.2) is 35.4 Å². The number of hydrogen-bond donors (Lipinski definition) is 3. The fraction of sp³-hybridized carbons (Fsp3) is 0.226. The van der Waals surface area contributed by atoms with Crippen molar-refractivity contribution in [2.24, 2.45) is 0 Å². The molecule has 6 nitrogen and oxygen atoms in total. The molecule has 3 N–H and O–H groups in total. The average molecular weight is 495 g/mol. The fourth-order valence-corrected chi connectivity index (χ4v) is 5.37. The first-order valence-corrected chi connectivity index (χ1v) is 12.5. The number of benzene rings is 3. The van der Waals surface area contributed by atoms with Crippen molar-refractivity contribution in [1.29, 1.82) is 0 Å². The van der Waals surface area contributed by atoms with Gasteiger partial charge in [0.1, 0.15) is 11.5 Å². The van der Waals surface area contributed by atoms with Crippen molar-refractivity contribution in [2.75, 3.05) is 13.7 Å². The maximum atomic E-state index is 13.6. The number of aromatic amines is 1. The maximum Gasteiger partial charge on any atom is 0.216 e. The van der Waals surface area contributed by atoms with Gasteiger partial charge in [-0.15, -0.1) is 0 Å². The van der Waals surface area contributed by atoms with Crippen LogP contribution in [0, 0.1) is 0 Å². The van der Waals surface area contributed by atoms with Gasteiger partial charge >= 0.3 is 0 Å². The second kappa shape index (κ2) is 10.3. The first kappa shape index (κ1) is 24.4. The highest BCUT2D eigenvalue weighted by Gasteiger charge is 2.40. The van der Waals surface area contributed by atoms with Gasteiger partial charge in [0.05, 0.1) is 13.0 Å². The number of ketones is 1. The molecule has 0 bridgehead atoms. The first-order chi connectivity index (χ1) is 18.0. The summed E-state index contributed by atoms with van der Waals surface area (Å²) in [5.41, 5.74) is 4.96. The van der Waals surface area contributed by atoms with E-state index in [9.17, 15) is 14.7 Å². The third-order valence-corrected chi connectivity index (χ3v) is 7.10. The Balaban J connectivity index is 1.71. The molecular weight excluding hydrogens is 464 g/mol. The largest absolute Gasteiger partial charge is 0.511 e. The zero-order valence-corrected chi connectivity index (χ0v) is 21.0. The summed E-state index contributed by atoms with van der Waals surface area (Å²) < 4.78 is 5.48. The average Bonchev–Trinajstić information content (AvgIpc) is 3.42. The molecule has 188 valence electrons. The van der Waals surface area contributed by atoms with E-state index in [0.717, 1.165) is 39.0 Å². The molecule has 3 aromatic carbocycles. The Hall–Kier alpha value is -4.32. The molecule has 0 radical (unpaired) electrons. The minimum atomic E-state index is -0.492. The Bertz CT molecular complexity index is 1470. The zero-order valence-electron chi connectivity index (χ0n) is 21.0. The quantitative estimate of drug-likeness (QED) is 0.299. The van der Waals surface area contributed by atoms with E-state index in [0.29, 0.717) is 18.5 Å². The fourth-order valence-electron chi connectivity index (χ4n) is 5.37. The Labute approximate surface area is 216 Å². The molecule has 0 aliphatic heterocycles. The van der Waals surface area contributed by atoms with E-state index < -0.39 is 5.92 Å². The third-order valence-electron chi connectivity index (χ3n) is 7.10. The van der Waals surface area contributed by atoms with Crippen molar-refractivity contribution in [3.8, 4) is 5.75 Å². The number of aliphatic hydroxyl groups is 1. The number of aliphatic hydroxyl groups excluding tert-OH is 1. The van der Waals surface area contributed by atoms with Crippen molar-refractivity contribution in [3.05, 3.63) is 113 Å². The van der Waals surface area contributed by atoms with Gasteiger partial charge in [-0.2, -0.15) is 0 Å². The summed E-state index contributed by atoms with van der Waals surface area (Å²) in [4.78, 5) is 28.8. The smallest absolute Gasteiger partial charge is 0.216 e. The number of amides is 1. The summed E-state index contributed by atoms with van der Waals surface area (Å²) in [7, 11) is 1.63. The van der Waals surface area contributed by atoms with E-state index >= 15 is 0 Å². The molecule has 2 unspecified atom stereocenters. The van der Waals surface area contributed by atoms with Crippen LogP contribution in [0.5, 0.6) is 5.75 Å². The molecule has 0 fully saturated rings. The standard InChI is InChI=1S/C31H30N2O4/c1-19(34)32-16-15-23-25-17-22(37-2)13-14-26(25)33-30(23)28(21-11-7-4-8-12-21)29-27(35)18-24(31(29)36)20-9-5-3-6-10-20/h3-14,17,24,28,33,36H,15-16,18H2,1-2H3,(H,32,34). The van der Waals surface area contributed by atoms with Crippen LogP contribution < -0.4 is 10.1 Å². The molecule has 0 saturated heterocycles. The van der Waals surface area contributed by atoms with Gasteiger partial charge in [0.15, 0.2) is 5.78 Å². The van der Waals surface area contributed by atoms with Gasteiger partial charge in [0, 0.05) is 48.0 Å². The third kappa shape index (κ3) is 4.75. The SMILES string of the molecule is COc1ccc2[nH]c(C(C3=C(O)C(c4ccccc4)CC3=O)c3ccccc3)c(CCNC(C)=O)c2c1. The van der Waals surface area contributed by atoms with Crippen molar-refractivity contribution < 1.29 is 19.4 Å². The summed E-state index contributed by atoms with van der Waals surface area (Å²) in [5, 5.41) is 15.4. The van der Waals surface area contributed by atoms with E-state index in [1.807, 2.05) is 78.9 Å². The van der Waals surface area contributed by atoms with Gasteiger partial charge in [-0.1, -0.05) is 60.7 Å². The van der Waals surface area contributed by atoms with Crippen LogP contribution in [0.15, 0.2) is 90.2 Å². The van der Waals surface area contributed by atoms with E-state index in [4.69, 9.17) is 4.74 Å². The maximum absolute atomic E-state index is 13.6. The summed E-state index contributed by atoms with van der Waals surface area (Å²) in [6, 6.07) is 25.3. The number of hydrogen-bond acceptors (Lipinski definition) is 4. The van der Waals surface area contributed by atoms with Gasteiger partial charge in [0.25, 0.3) is 0 Å². The van der Waals surface area contributed by atoms with Gasteiger partial charge in [-0.05, 0) is 41.3 Å². The topological polar surface area (TPSA) is 91.4 Å². The van der Waals surface area contributed by atoms with Crippen LogP contribution in [0.1, 0.15) is 47.6 Å². The number of nitrogens with one attached hydrogen (secondary N) is 2. The van der Waals surface area contributed by atoms with Gasteiger partial charge in [0.2, 0.25) is 5.91 Å². The lowest BCUT2D eigenvalue weighted by Crippen LogP contribution is -2.23. The van der Waals surface area contributed by atoms with Crippen molar-refractivity contribution in [3.63, 3.8) is 0 Å². The molecule has 0 saturated carbocycles. The molecule has 1 aliphatic rings. The van der Waals surface area contributed by atoms with Gasteiger partial charge in [-0.25, -0.2) is 0 Å². The molecular formula is C31H30N2O4. The van der Waals surface area contributed by atoms with Crippen LogP contribution in [0.4, 0.5) is 0 Å². The lowest BCUT2D eigenvalue weighted by atomic mass is 9.84. The molecule has 1 heterocycles. The molecule has 5 rings (SSSR count). The monoisotopic (exact) mass is 494 g/mol. The predicted molar refractivity (Wildman–Crippen MR) is 144 cm³/mol. The van der Waals surface area contributed by atoms with E-state index in [2.05, 4.69) is 10.3 Å². The van der Waals surface area contributed by atoms with Crippen molar-refractivity contribution in [2.45, 2.75) is 31.6 Å². The molecule has 1 aliphatic carbocycles. The molecule has 0 spiro atoms. The minimum Gasteiger partial charge on any atom is -0.511 e. The Morgan fingerprint density at radius 2 is 1.78 bits per heavy atom. The lowest BCUT2D eigenvalue weighted by molar-refractivity contribution is -0.119. The molecule has 4 aromatic rings. The van der Waals surface area contributed by atoms with Crippen molar-refractivity contribution in [1.82, 2.24) is 10.3 Å². The number of carbonyl (C=O) groups excluding carboxylic acids is 2. The Morgan fingerprint density at radius 1 is 1.08 bits per heavy atom. The number of methoxy groups -OCH3 is 1. The molecule has 6 heteroatoms. The van der Waals surface area contributed by atoms with Gasteiger partial charge < -0.3 is 20.1 Å². The Morgan fingerprint density at radius 3 is 2.46 bits per heavy atom. The summed E-state index contributed by atoms with van der Waals surface area (Å²) in [6.07, 6.45) is 0.777. The predicted octanol–water partition coefficient (Wildman–Crippen LogP) is 5.56. The zero-order chi connectivity index (χ0) is 25.9. The number of rotatable bonds is 8. The van der Waals surface area contributed by atoms with Crippen LogP contribution in [0.25, 0.3) is 10.9 Å². The number of carbonyl (C=O) groups is 2. The number of Topliss-reactive ketones (excluding diaryl/α,β-unsaturated/α-hetero) is 1. The number of allylic oxidation sites excluding steroid dienone is 2. The van der Waals surface area contributed by atoms with Gasteiger partial charge in [-0.3, -0.25) is 9.59 Å². The highest BCUT2D eigenvalue weighted by molar-refractivity contribution is 6.02. The van der Waals surface area contributed by atoms with E-state index in [-0.39, 0.29) is 29.8 Å². The second-order valence-corrected chi connectivity index (χ2v) is 9.39. The molecule has 1 amide bonds. The highest BCUT2D eigenvalue weighted by Crippen LogP contribution is 2.46. The summed E-state index contributed by atoms with van der Waals surface area (Å²) in [5.74, 6) is -0.192. The van der Waals surface area contributed by atoms with Crippen LogP contribution in [0.2, 0.25) is 0 Å². The van der Waals surface area contributed by atoms with Crippen molar-refractivity contribution >= 4 is 22.6 Å². The molecule has 1 aromatic heterocycles. The molecule has 2 atom stereocenters. The van der Waals surface area contributed by atoms with E-state index in [1.165, 1.54) is 6.92 Å². The Kier molecular flexibility index (Phi) is 6.82. The molecule has 37 heavy (non-hydrogen) atoms. The lowest BCUT2D eigenvalue weighted by Gasteiger charge is -2.20. The van der Waals surface area contributed by atoms with Crippen LogP contribution in [0.3, 0.4) is 0 Å². The summed E-state index contributed by atoms with van der Waals surface area (Å²) >= 11 is 0. The first-order valence-electron chi connectivity index (χ1n) is 12.5. The normalized spacial score (nSPS) is 16.3. The number of fused-ring (bicyclic) bond motifs is 1. The van der Waals surface area contributed by atoms with E-state index in [1.54, 1.807) is 7.11 Å². The number of ether oxygens (including phenoxy) is 1. The number of aromatic nitrogens is 1. The summed E-state index contributed by atoms with van der Waals surface area (Å²) in [6.45, 7) is 1.94.